The van der Waals surface area contributed by atoms with Crippen LogP contribution < -0.4 is 26.6 Å². The number of aromatic amines is 1. The first-order valence-corrected chi connectivity index (χ1v) is 9.43. The van der Waals surface area contributed by atoms with Gasteiger partial charge in [-0.3, -0.25) is 19.1 Å². The number of likely N-dealkylation sites (N-methyl/N-ethyl adjacent to an activating group) is 1. The van der Waals surface area contributed by atoms with Crippen molar-refractivity contribution in [3.05, 3.63) is 50.2 Å². The quantitative estimate of drug-likeness (QED) is 0.718. The van der Waals surface area contributed by atoms with E-state index in [0.717, 1.165) is 24.0 Å². The molecule has 2 aromatic rings. The molecule has 8 heteroatoms. The van der Waals surface area contributed by atoms with Crippen LogP contribution in [-0.4, -0.2) is 28.6 Å². The molecule has 0 spiro atoms. The second kappa shape index (κ2) is 9.25. The normalized spacial score (nSPS) is 10.7. The number of amides is 1. The van der Waals surface area contributed by atoms with Gasteiger partial charge in [0.25, 0.3) is 11.5 Å². The molecule has 0 fully saturated rings. The first-order valence-electron chi connectivity index (χ1n) is 9.43. The fraction of sp³-hybridized carbons (Fsp3) is 0.450. The average molecular weight is 388 g/mol. The number of H-pyrrole nitrogens is 1. The van der Waals surface area contributed by atoms with Crippen molar-refractivity contribution in [1.29, 1.82) is 0 Å². The van der Waals surface area contributed by atoms with Gasteiger partial charge in [-0.2, -0.15) is 0 Å². The minimum absolute atomic E-state index is 0.00975. The minimum atomic E-state index is -0.683. The zero-order valence-corrected chi connectivity index (χ0v) is 16.9. The maximum absolute atomic E-state index is 12.8. The van der Waals surface area contributed by atoms with E-state index < -0.39 is 17.2 Å². The topological polar surface area (TPSA) is 110 Å². The summed E-state index contributed by atoms with van der Waals surface area (Å²) in [5.41, 5.74) is 6.66. The number of benzene rings is 1. The molecule has 1 aromatic heterocycles. The van der Waals surface area contributed by atoms with Crippen LogP contribution in [0.1, 0.15) is 37.8 Å². The van der Waals surface area contributed by atoms with Gasteiger partial charge in [-0.25, -0.2) is 4.79 Å². The molecule has 1 heterocycles. The second-order valence-corrected chi connectivity index (χ2v) is 6.65. The highest BCUT2D eigenvalue weighted by Crippen LogP contribution is 2.23. The van der Waals surface area contributed by atoms with Crippen molar-refractivity contribution in [3.63, 3.8) is 0 Å². The number of unbranched alkanes of at least 4 members (excludes halogenated alkanes) is 1. The van der Waals surface area contributed by atoms with Crippen LogP contribution in [0.15, 0.2) is 27.8 Å². The van der Waals surface area contributed by atoms with Crippen LogP contribution in [0.25, 0.3) is 0 Å². The van der Waals surface area contributed by atoms with Crippen molar-refractivity contribution >= 4 is 17.4 Å². The highest BCUT2D eigenvalue weighted by atomic mass is 16.5. The van der Waals surface area contributed by atoms with Crippen molar-refractivity contribution in [2.24, 2.45) is 0 Å². The van der Waals surface area contributed by atoms with Crippen LogP contribution in [0.3, 0.4) is 0 Å². The summed E-state index contributed by atoms with van der Waals surface area (Å²) in [7, 11) is 0. The molecule has 0 unspecified atom stereocenters. The second-order valence-electron chi connectivity index (χ2n) is 6.65. The molecule has 1 aromatic carbocycles. The number of carbonyl (C=O) groups excluding carboxylic acids is 1. The Kier molecular flexibility index (Phi) is 7.03. The number of rotatable bonds is 8. The monoisotopic (exact) mass is 388 g/mol. The van der Waals surface area contributed by atoms with Crippen molar-refractivity contribution in [3.8, 4) is 5.75 Å². The van der Waals surface area contributed by atoms with Gasteiger partial charge in [-0.1, -0.05) is 31.5 Å². The SMILES string of the molecule is CCCCn1c(N)c(N(CC)C(=O)COc2c(C)cccc2C)c(=O)[nH]c1=O. The molecule has 1 amide bonds. The van der Waals surface area contributed by atoms with E-state index in [0.29, 0.717) is 12.3 Å². The Labute approximate surface area is 163 Å². The summed E-state index contributed by atoms with van der Waals surface area (Å²) >= 11 is 0. The number of hydrogen-bond donors (Lipinski definition) is 2. The standard InChI is InChI=1S/C20H28N4O4/c1-5-7-11-24-18(21)16(19(26)22-20(24)27)23(6-2)15(25)12-28-17-13(3)9-8-10-14(17)4/h8-10H,5-7,11-12,21H2,1-4H3,(H,22,26,27). The lowest BCUT2D eigenvalue weighted by molar-refractivity contribution is -0.120. The highest BCUT2D eigenvalue weighted by Gasteiger charge is 2.23. The third kappa shape index (κ3) is 4.44. The molecule has 152 valence electrons. The molecule has 0 bridgehead atoms. The van der Waals surface area contributed by atoms with Gasteiger partial charge in [0.15, 0.2) is 12.3 Å². The number of anilines is 2. The number of hydrogen-bond acceptors (Lipinski definition) is 5. The van der Waals surface area contributed by atoms with Gasteiger partial charge in [0.2, 0.25) is 0 Å². The predicted octanol–water partition coefficient (Wildman–Crippen LogP) is 1.97. The molecule has 2 rings (SSSR count). The Hall–Kier alpha value is -3.03. The molecule has 0 aliphatic carbocycles. The maximum Gasteiger partial charge on any atom is 0.330 e. The number of aryl methyl sites for hydroxylation is 2. The Balaban J connectivity index is 2.33. The summed E-state index contributed by atoms with van der Waals surface area (Å²) in [6, 6.07) is 5.71. The Morgan fingerprint density at radius 3 is 2.43 bits per heavy atom. The zero-order chi connectivity index (χ0) is 20.8. The number of ether oxygens (including phenoxy) is 1. The van der Waals surface area contributed by atoms with E-state index in [2.05, 4.69) is 4.98 Å². The van der Waals surface area contributed by atoms with Gasteiger partial charge in [0, 0.05) is 13.1 Å². The van der Waals surface area contributed by atoms with Gasteiger partial charge >= 0.3 is 5.69 Å². The van der Waals surface area contributed by atoms with Crippen molar-refractivity contribution < 1.29 is 9.53 Å². The summed E-state index contributed by atoms with van der Waals surface area (Å²) in [6.45, 7) is 7.86. The van der Waals surface area contributed by atoms with Gasteiger partial charge in [0.05, 0.1) is 0 Å². The molecule has 0 saturated carbocycles. The Morgan fingerprint density at radius 2 is 1.86 bits per heavy atom. The first-order chi connectivity index (χ1) is 13.3. The highest BCUT2D eigenvalue weighted by molar-refractivity contribution is 5.96. The molecule has 0 aliphatic rings. The van der Waals surface area contributed by atoms with Crippen LogP contribution in [0.5, 0.6) is 5.75 Å². The van der Waals surface area contributed by atoms with Gasteiger partial charge < -0.3 is 15.4 Å². The number of carbonyl (C=O) groups is 1. The zero-order valence-electron chi connectivity index (χ0n) is 16.9. The third-order valence-corrected chi connectivity index (χ3v) is 4.59. The number of nitrogens with two attached hydrogens (primary N) is 1. The van der Waals surface area contributed by atoms with E-state index in [4.69, 9.17) is 10.5 Å². The first kappa shape index (κ1) is 21.3. The molecule has 3 N–H and O–H groups in total. The van der Waals surface area contributed by atoms with E-state index in [1.165, 1.54) is 9.47 Å². The summed E-state index contributed by atoms with van der Waals surface area (Å²) in [5.74, 6) is 0.217. The third-order valence-electron chi connectivity index (χ3n) is 4.59. The molecule has 0 aliphatic heterocycles. The summed E-state index contributed by atoms with van der Waals surface area (Å²) in [4.78, 5) is 40.8. The molecular weight excluding hydrogens is 360 g/mol. The van der Waals surface area contributed by atoms with E-state index in [9.17, 15) is 14.4 Å². The van der Waals surface area contributed by atoms with Gasteiger partial charge in [-0.05, 0) is 38.3 Å². The van der Waals surface area contributed by atoms with Gasteiger partial charge in [-0.15, -0.1) is 0 Å². The molecule has 0 atom stereocenters. The smallest absolute Gasteiger partial charge is 0.330 e. The number of para-hydroxylation sites is 1. The molecule has 0 radical (unpaired) electrons. The van der Waals surface area contributed by atoms with Crippen molar-refractivity contribution in [2.75, 3.05) is 23.8 Å². The Bertz CT molecular complexity index is 941. The minimum Gasteiger partial charge on any atom is -0.483 e. The summed E-state index contributed by atoms with van der Waals surface area (Å²) in [5, 5.41) is 0. The largest absolute Gasteiger partial charge is 0.483 e. The number of nitrogen functional groups attached to an aromatic ring is 1. The van der Waals surface area contributed by atoms with Crippen molar-refractivity contribution in [1.82, 2.24) is 9.55 Å². The predicted molar refractivity (Wildman–Crippen MR) is 110 cm³/mol. The molecule has 8 nitrogen and oxygen atoms in total. The van der Waals surface area contributed by atoms with Crippen LogP contribution in [0, 0.1) is 13.8 Å². The lowest BCUT2D eigenvalue weighted by atomic mass is 10.1. The Morgan fingerprint density at radius 1 is 1.21 bits per heavy atom. The fourth-order valence-electron chi connectivity index (χ4n) is 3.07. The van der Waals surface area contributed by atoms with Crippen LogP contribution in [-0.2, 0) is 11.3 Å². The number of nitrogens with one attached hydrogen (secondary N) is 1. The van der Waals surface area contributed by atoms with Crippen LogP contribution in [0.4, 0.5) is 11.5 Å². The van der Waals surface area contributed by atoms with Crippen LogP contribution in [0.2, 0.25) is 0 Å². The number of aromatic nitrogens is 2. The summed E-state index contributed by atoms with van der Waals surface area (Å²) in [6.07, 6.45) is 1.59. The van der Waals surface area contributed by atoms with Gasteiger partial charge in [0.1, 0.15) is 11.6 Å². The summed E-state index contributed by atoms with van der Waals surface area (Å²) < 4.78 is 7.01. The average Bonchev–Trinajstić information content (AvgIpc) is 2.64. The molecule has 0 saturated heterocycles. The lowest BCUT2D eigenvalue weighted by Crippen LogP contribution is -2.42. The van der Waals surface area contributed by atoms with E-state index in [-0.39, 0.29) is 24.7 Å². The van der Waals surface area contributed by atoms with E-state index >= 15 is 0 Å². The van der Waals surface area contributed by atoms with Crippen molar-refractivity contribution in [2.45, 2.75) is 47.1 Å². The van der Waals surface area contributed by atoms with E-state index in [1.54, 1.807) is 6.92 Å². The van der Waals surface area contributed by atoms with E-state index in [1.807, 2.05) is 39.0 Å². The molecule has 28 heavy (non-hydrogen) atoms. The number of nitrogens with zero attached hydrogens (tertiary/aromatic N) is 2. The maximum atomic E-state index is 12.8. The lowest BCUT2D eigenvalue weighted by Gasteiger charge is -2.23. The fourth-order valence-corrected chi connectivity index (χ4v) is 3.07. The molecular formula is C20H28N4O4. The van der Waals surface area contributed by atoms with Crippen LogP contribution >= 0.6 is 0 Å².